The zero-order chi connectivity index (χ0) is 17.0. The molecule has 0 atom stereocenters. The highest BCUT2D eigenvalue weighted by Gasteiger charge is 2.23. The monoisotopic (exact) mass is 336 g/mol. The van der Waals surface area contributed by atoms with Crippen LogP contribution in [-0.2, 0) is 0 Å². The standard InChI is InChI=1S/C23H41F/c1-2-3-4-7-20-9-13-22(14-10-20)17-18-23-15-11-21(12-16-23)8-5-6-19-24/h5,8,20-23H,2-4,6-7,9-19H2,1H3/t20-,21-,22-,23-. The maximum atomic E-state index is 12.1. The normalized spacial score (nSPS) is 31.6. The van der Waals surface area contributed by atoms with Crippen molar-refractivity contribution in [3.05, 3.63) is 12.2 Å². The molecule has 0 aliphatic heterocycles. The van der Waals surface area contributed by atoms with Crippen LogP contribution in [0, 0.1) is 23.7 Å². The lowest BCUT2D eigenvalue weighted by molar-refractivity contribution is 0.219. The first-order valence-electron chi connectivity index (χ1n) is 11.0. The van der Waals surface area contributed by atoms with E-state index in [0.29, 0.717) is 6.42 Å². The molecule has 0 spiro atoms. The lowest BCUT2D eigenvalue weighted by Gasteiger charge is -2.31. The van der Waals surface area contributed by atoms with Crippen LogP contribution in [-0.4, -0.2) is 6.67 Å². The van der Waals surface area contributed by atoms with Crippen LogP contribution in [0.1, 0.15) is 103 Å². The quantitative estimate of drug-likeness (QED) is 0.281. The molecule has 140 valence electrons. The number of rotatable bonds is 10. The van der Waals surface area contributed by atoms with Crippen LogP contribution in [0.15, 0.2) is 12.2 Å². The fraction of sp³-hybridized carbons (Fsp3) is 0.913. The number of hydrogen-bond donors (Lipinski definition) is 0. The Bertz CT molecular complexity index is 319. The van der Waals surface area contributed by atoms with Gasteiger partial charge in [0.25, 0.3) is 0 Å². The largest absolute Gasteiger partial charge is 0.251 e. The van der Waals surface area contributed by atoms with E-state index in [1.165, 1.54) is 89.9 Å². The van der Waals surface area contributed by atoms with Gasteiger partial charge in [0.2, 0.25) is 0 Å². The van der Waals surface area contributed by atoms with Crippen molar-refractivity contribution >= 4 is 0 Å². The second kappa shape index (κ2) is 12.1. The molecule has 0 radical (unpaired) electrons. The van der Waals surface area contributed by atoms with E-state index in [4.69, 9.17) is 0 Å². The molecule has 0 aromatic heterocycles. The third-order valence-electron chi connectivity index (χ3n) is 6.74. The van der Waals surface area contributed by atoms with Gasteiger partial charge in [-0.1, -0.05) is 83.3 Å². The summed E-state index contributed by atoms with van der Waals surface area (Å²) in [4.78, 5) is 0. The maximum Gasteiger partial charge on any atom is 0.0928 e. The van der Waals surface area contributed by atoms with E-state index >= 15 is 0 Å². The summed E-state index contributed by atoms with van der Waals surface area (Å²) in [5.74, 6) is 3.82. The fourth-order valence-corrected chi connectivity index (χ4v) is 4.98. The molecule has 2 saturated carbocycles. The summed E-state index contributed by atoms with van der Waals surface area (Å²) in [6.45, 7) is 2.11. The van der Waals surface area contributed by atoms with E-state index in [0.717, 1.165) is 23.7 Å². The van der Waals surface area contributed by atoms with E-state index in [-0.39, 0.29) is 6.67 Å². The molecule has 0 saturated heterocycles. The average Bonchev–Trinajstić information content (AvgIpc) is 2.63. The molecule has 0 bridgehead atoms. The summed E-state index contributed by atoms with van der Waals surface area (Å²) in [7, 11) is 0. The Labute approximate surface area is 150 Å². The SMILES string of the molecule is CCCCC[C@H]1CC[C@H](CC[C@H]2CC[C@H](C=CCCF)CC2)CC1. The second-order valence-corrected chi connectivity index (χ2v) is 8.65. The van der Waals surface area contributed by atoms with Crippen molar-refractivity contribution in [3.8, 4) is 0 Å². The Morgan fingerprint density at radius 2 is 1.29 bits per heavy atom. The van der Waals surface area contributed by atoms with Crippen molar-refractivity contribution in [1.82, 2.24) is 0 Å². The average molecular weight is 337 g/mol. The number of alkyl halides is 1. The van der Waals surface area contributed by atoms with Crippen LogP contribution in [0.3, 0.4) is 0 Å². The molecule has 0 nitrogen and oxygen atoms in total. The zero-order valence-corrected chi connectivity index (χ0v) is 16.2. The molecule has 2 rings (SSSR count). The predicted octanol–water partition coefficient (Wildman–Crippen LogP) is 7.88. The Kier molecular flexibility index (Phi) is 10.1. The van der Waals surface area contributed by atoms with E-state index < -0.39 is 0 Å². The van der Waals surface area contributed by atoms with Crippen molar-refractivity contribution in [2.24, 2.45) is 23.7 Å². The van der Waals surface area contributed by atoms with Crippen molar-refractivity contribution in [2.45, 2.75) is 103 Å². The van der Waals surface area contributed by atoms with Gasteiger partial charge in [-0.25, -0.2) is 0 Å². The van der Waals surface area contributed by atoms with Gasteiger partial charge in [0, 0.05) is 0 Å². The molecule has 2 aliphatic carbocycles. The minimum atomic E-state index is -0.202. The van der Waals surface area contributed by atoms with Crippen LogP contribution >= 0.6 is 0 Å². The Morgan fingerprint density at radius 1 is 0.750 bits per heavy atom. The topological polar surface area (TPSA) is 0 Å². The maximum absolute atomic E-state index is 12.1. The van der Waals surface area contributed by atoms with Gasteiger partial charge < -0.3 is 0 Å². The van der Waals surface area contributed by atoms with Crippen LogP contribution in [0.5, 0.6) is 0 Å². The minimum Gasteiger partial charge on any atom is -0.251 e. The Morgan fingerprint density at radius 3 is 1.83 bits per heavy atom. The van der Waals surface area contributed by atoms with Crippen LogP contribution in [0.25, 0.3) is 0 Å². The number of allylic oxidation sites excluding steroid dienone is 2. The summed E-state index contributed by atoms with van der Waals surface area (Å²) in [5, 5.41) is 0. The van der Waals surface area contributed by atoms with Gasteiger partial charge >= 0.3 is 0 Å². The fourth-order valence-electron chi connectivity index (χ4n) is 4.98. The van der Waals surface area contributed by atoms with Gasteiger partial charge in [-0.15, -0.1) is 0 Å². The van der Waals surface area contributed by atoms with Crippen molar-refractivity contribution in [3.63, 3.8) is 0 Å². The molecule has 24 heavy (non-hydrogen) atoms. The first kappa shape index (κ1) is 20.0. The number of halogens is 1. The Balaban J connectivity index is 1.52. The summed E-state index contributed by atoms with van der Waals surface area (Å²) in [6, 6.07) is 0. The lowest BCUT2D eigenvalue weighted by atomic mass is 9.75. The van der Waals surface area contributed by atoms with Crippen LogP contribution < -0.4 is 0 Å². The van der Waals surface area contributed by atoms with Crippen molar-refractivity contribution in [2.75, 3.05) is 6.67 Å². The number of hydrogen-bond acceptors (Lipinski definition) is 0. The summed E-state index contributed by atoms with van der Waals surface area (Å²) >= 11 is 0. The molecule has 0 amide bonds. The van der Waals surface area contributed by atoms with E-state index in [1.807, 2.05) is 0 Å². The second-order valence-electron chi connectivity index (χ2n) is 8.65. The van der Waals surface area contributed by atoms with E-state index in [9.17, 15) is 4.39 Å². The minimum absolute atomic E-state index is 0.202. The first-order valence-corrected chi connectivity index (χ1v) is 11.0. The molecular weight excluding hydrogens is 295 g/mol. The molecule has 0 heterocycles. The van der Waals surface area contributed by atoms with Gasteiger partial charge in [0.05, 0.1) is 6.67 Å². The van der Waals surface area contributed by atoms with Gasteiger partial charge in [0.1, 0.15) is 0 Å². The van der Waals surface area contributed by atoms with Gasteiger partial charge in [-0.2, -0.15) is 0 Å². The van der Waals surface area contributed by atoms with Crippen molar-refractivity contribution < 1.29 is 4.39 Å². The highest BCUT2D eigenvalue weighted by atomic mass is 19.1. The molecule has 0 unspecified atom stereocenters. The van der Waals surface area contributed by atoms with E-state index in [2.05, 4.69) is 19.1 Å². The highest BCUT2D eigenvalue weighted by molar-refractivity contribution is 4.91. The van der Waals surface area contributed by atoms with Gasteiger partial charge in [-0.3, -0.25) is 4.39 Å². The molecule has 2 aliphatic rings. The third kappa shape index (κ3) is 7.70. The summed E-state index contributed by atoms with van der Waals surface area (Å²) < 4.78 is 12.1. The molecule has 1 heteroatoms. The third-order valence-corrected chi connectivity index (χ3v) is 6.74. The van der Waals surface area contributed by atoms with Gasteiger partial charge in [0.15, 0.2) is 0 Å². The smallest absolute Gasteiger partial charge is 0.0928 e. The van der Waals surface area contributed by atoms with E-state index in [1.54, 1.807) is 0 Å². The molecule has 2 fully saturated rings. The molecule has 0 aromatic carbocycles. The summed E-state index contributed by atoms with van der Waals surface area (Å²) in [6.07, 6.45) is 25.3. The summed E-state index contributed by atoms with van der Waals surface area (Å²) in [5.41, 5.74) is 0. The Hall–Kier alpha value is -0.330. The molecule has 0 aromatic rings. The van der Waals surface area contributed by atoms with Crippen LogP contribution in [0.2, 0.25) is 0 Å². The predicted molar refractivity (Wildman–Crippen MR) is 104 cm³/mol. The van der Waals surface area contributed by atoms with Crippen LogP contribution in [0.4, 0.5) is 4.39 Å². The zero-order valence-electron chi connectivity index (χ0n) is 16.2. The number of unbranched alkanes of at least 4 members (excludes halogenated alkanes) is 2. The lowest BCUT2D eigenvalue weighted by Crippen LogP contribution is -2.17. The van der Waals surface area contributed by atoms with Crippen molar-refractivity contribution in [1.29, 1.82) is 0 Å². The van der Waals surface area contributed by atoms with Gasteiger partial charge in [-0.05, 0) is 55.8 Å². The first-order chi connectivity index (χ1) is 11.8. The highest BCUT2D eigenvalue weighted by Crippen LogP contribution is 2.38. The molecule has 0 N–H and O–H groups in total. The molecular formula is C23H41F.